The Hall–Kier alpha value is -2.13. The van der Waals surface area contributed by atoms with E-state index in [1.807, 2.05) is 6.92 Å². The van der Waals surface area contributed by atoms with Crippen LogP contribution in [0.3, 0.4) is 0 Å². The maximum Gasteiger partial charge on any atom is 0.439 e. The maximum atomic E-state index is 14.1. The van der Waals surface area contributed by atoms with Gasteiger partial charge in [-0.3, -0.25) is 0 Å². The van der Waals surface area contributed by atoms with Crippen LogP contribution in [0.4, 0.5) is 18.3 Å². The van der Waals surface area contributed by atoms with E-state index in [-0.39, 0.29) is 17.5 Å². The van der Waals surface area contributed by atoms with Crippen molar-refractivity contribution in [3.8, 4) is 17.0 Å². The highest BCUT2D eigenvalue weighted by atomic mass is 32.1. The standard InChI is InChI=1S/C20H22F3N3O2S/c1-3-12-4-9-16-15(10-12)19(27,20(21,22)23)26(25-16)18-24-17(11-29-18)13-5-7-14(28-2)8-6-13/h5-8,11-12,15,27H,3-4,9-10H2,1-2H3. The van der Waals surface area contributed by atoms with Gasteiger partial charge in [-0.05, 0) is 49.4 Å². The molecule has 1 aromatic carbocycles. The number of methoxy groups -OCH3 is 1. The van der Waals surface area contributed by atoms with Crippen LogP contribution in [0.25, 0.3) is 11.3 Å². The van der Waals surface area contributed by atoms with Crippen molar-refractivity contribution in [2.45, 2.75) is 44.5 Å². The van der Waals surface area contributed by atoms with E-state index >= 15 is 0 Å². The molecule has 1 N–H and O–H groups in total. The largest absolute Gasteiger partial charge is 0.497 e. The average Bonchev–Trinajstić information content (AvgIpc) is 3.31. The summed E-state index contributed by atoms with van der Waals surface area (Å²) in [6.07, 6.45) is -2.53. The quantitative estimate of drug-likeness (QED) is 0.743. The van der Waals surface area contributed by atoms with E-state index in [1.54, 1.807) is 36.8 Å². The summed E-state index contributed by atoms with van der Waals surface area (Å²) in [4.78, 5) is 4.36. The number of alkyl halides is 3. The van der Waals surface area contributed by atoms with Gasteiger partial charge in [0.1, 0.15) is 5.75 Å². The summed E-state index contributed by atoms with van der Waals surface area (Å²) in [5.41, 5.74) is -1.38. The Morgan fingerprint density at radius 1 is 1.31 bits per heavy atom. The predicted molar refractivity (Wildman–Crippen MR) is 106 cm³/mol. The number of anilines is 1. The van der Waals surface area contributed by atoms with Gasteiger partial charge in [-0.15, -0.1) is 11.3 Å². The fourth-order valence-electron chi connectivity index (χ4n) is 4.12. The highest BCUT2D eigenvalue weighted by Gasteiger charge is 2.68. The number of hydrogen-bond acceptors (Lipinski definition) is 6. The summed E-state index contributed by atoms with van der Waals surface area (Å²) in [5.74, 6) is -0.232. The van der Waals surface area contributed by atoms with E-state index in [9.17, 15) is 18.3 Å². The summed E-state index contributed by atoms with van der Waals surface area (Å²) in [6.45, 7) is 1.97. The lowest BCUT2D eigenvalue weighted by molar-refractivity contribution is -0.270. The Morgan fingerprint density at radius 2 is 2.03 bits per heavy atom. The highest BCUT2D eigenvalue weighted by molar-refractivity contribution is 7.14. The molecule has 1 aromatic heterocycles. The monoisotopic (exact) mass is 425 g/mol. The van der Waals surface area contributed by atoms with Gasteiger partial charge in [0.05, 0.1) is 18.7 Å². The van der Waals surface area contributed by atoms with Crippen LogP contribution in [0, 0.1) is 11.8 Å². The lowest BCUT2D eigenvalue weighted by Gasteiger charge is -2.39. The van der Waals surface area contributed by atoms with Gasteiger partial charge < -0.3 is 9.84 Å². The summed E-state index contributed by atoms with van der Waals surface area (Å²) in [7, 11) is 1.56. The topological polar surface area (TPSA) is 58.0 Å². The van der Waals surface area contributed by atoms with Gasteiger partial charge in [-0.1, -0.05) is 13.3 Å². The number of halogens is 3. The fraction of sp³-hybridized carbons (Fsp3) is 0.500. The predicted octanol–water partition coefficient (Wildman–Crippen LogP) is 5.07. The van der Waals surface area contributed by atoms with Gasteiger partial charge in [-0.2, -0.15) is 23.3 Å². The molecular formula is C20H22F3N3O2S. The second kappa shape index (κ2) is 7.28. The number of aromatic nitrogens is 1. The van der Waals surface area contributed by atoms with E-state index < -0.39 is 17.8 Å². The van der Waals surface area contributed by atoms with Crippen molar-refractivity contribution >= 4 is 22.2 Å². The molecule has 156 valence electrons. The van der Waals surface area contributed by atoms with Crippen LogP contribution in [0.1, 0.15) is 32.6 Å². The number of aliphatic hydroxyl groups is 1. The summed E-state index contributed by atoms with van der Waals surface area (Å²) in [5, 5.41) is 17.5. The number of nitrogens with zero attached hydrogens (tertiary/aromatic N) is 3. The van der Waals surface area contributed by atoms with Crippen molar-refractivity contribution in [1.82, 2.24) is 4.98 Å². The Kier molecular flexibility index (Phi) is 5.06. The summed E-state index contributed by atoms with van der Waals surface area (Å²) >= 11 is 1.04. The first-order valence-electron chi connectivity index (χ1n) is 9.54. The highest BCUT2D eigenvalue weighted by Crippen LogP contribution is 2.51. The van der Waals surface area contributed by atoms with Crippen molar-refractivity contribution in [2.75, 3.05) is 12.1 Å². The normalized spacial score (nSPS) is 27.0. The molecule has 0 spiro atoms. The summed E-state index contributed by atoms with van der Waals surface area (Å²) in [6, 6.07) is 7.09. The van der Waals surface area contributed by atoms with Crippen LogP contribution in [0.5, 0.6) is 5.75 Å². The molecular weight excluding hydrogens is 403 g/mol. The van der Waals surface area contributed by atoms with Crippen molar-refractivity contribution in [1.29, 1.82) is 0 Å². The number of thiazole rings is 1. The third kappa shape index (κ3) is 3.30. The second-order valence-corrected chi connectivity index (χ2v) is 8.31. The molecule has 0 bridgehead atoms. The zero-order valence-corrected chi connectivity index (χ0v) is 16.9. The summed E-state index contributed by atoms with van der Waals surface area (Å²) < 4.78 is 47.4. The van der Waals surface area contributed by atoms with Gasteiger partial charge in [0.2, 0.25) is 5.13 Å². The number of benzene rings is 1. The second-order valence-electron chi connectivity index (χ2n) is 7.47. The van der Waals surface area contributed by atoms with E-state index in [2.05, 4.69) is 10.1 Å². The van der Waals surface area contributed by atoms with Crippen molar-refractivity contribution in [3.05, 3.63) is 29.6 Å². The van der Waals surface area contributed by atoms with Crippen LogP contribution in [0.2, 0.25) is 0 Å². The van der Waals surface area contributed by atoms with Gasteiger partial charge in [0.15, 0.2) is 0 Å². The third-order valence-corrected chi connectivity index (χ3v) is 6.69. The SMILES string of the molecule is CCC1CCC2=NN(c3nc(-c4ccc(OC)cc4)cs3)C(O)(C(F)(F)F)C2C1. The molecule has 1 saturated carbocycles. The molecule has 2 heterocycles. The van der Waals surface area contributed by atoms with Crippen molar-refractivity contribution in [2.24, 2.45) is 16.9 Å². The minimum absolute atomic E-state index is 0.0330. The maximum absolute atomic E-state index is 14.1. The minimum atomic E-state index is -4.86. The molecule has 0 amide bonds. The lowest BCUT2D eigenvalue weighted by atomic mass is 9.74. The number of ether oxygens (including phenoxy) is 1. The number of hydrogen-bond donors (Lipinski definition) is 1. The van der Waals surface area contributed by atoms with Crippen LogP contribution in [0.15, 0.2) is 34.7 Å². The molecule has 2 aromatic rings. The molecule has 5 nitrogen and oxygen atoms in total. The molecule has 4 rings (SSSR count). The van der Waals surface area contributed by atoms with Gasteiger partial charge >= 0.3 is 6.18 Å². The van der Waals surface area contributed by atoms with Crippen LogP contribution >= 0.6 is 11.3 Å². The molecule has 2 aliphatic rings. The van der Waals surface area contributed by atoms with Crippen LogP contribution in [-0.2, 0) is 0 Å². The molecule has 3 atom stereocenters. The Bertz CT molecular complexity index is 912. The van der Waals surface area contributed by atoms with Crippen molar-refractivity contribution < 1.29 is 23.0 Å². The van der Waals surface area contributed by atoms with Gasteiger partial charge in [0.25, 0.3) is 5.72 Å². The molecule has 0 radical (unpaired) electrons. The molecule has 1 aliphatic heterocycles. The number of hydrazone groups is 1. The fourth-order valence-corrected chi connectivity index (χ4v) is 4.95. The Balaban J connectivity index is 1.70. The first kappa shape index (κ1) is 20.2. The molecule has 1 aliphatic carbocycles. The third-order valence-electron chi connectivity index (χ3n) is 5.87. The van der Waals surface area contributed by atoms with E-state index in [1.165, 1.54) is 0 Å². The first-order valence-corrected chi connectivity index (χ1v) is 10.4. The first-order chi connectivity index (χ1) is 13.8. The molecule has 0 saturated heterocycles. The Morgan fingerprint density at radius 3 is 2.66 bits per heavy atom. The zero-order chi connectivity index (χ0) is 20.8. The minimum Gasteiger partial charge on any atom is -0.497 e. The molecule has 3 unspecified atom stereocenters. The van der Waals surface area contributed by atoms with Gasteiger partial charge in [0, 0.05) is 16.7 Å². The van der Waals surface area contributed by atoms with Crippen LogP contribution < -0.4 is 9.75 Å². The number of rotatable bonds is 4. The zero-order valence-electron chi connectivity index (χ0n) is 16.1. The number of fused-ring (bicyclic) bond motifs is 1. The van der Waals surface area contributed by atoms with Crippen molar-refractivity contribution in [3.63, 3.8) is 0 Å². The van der Waals surface area contributed by atoms with Gasteiger partial charge in [-0.25, -0.2) is 4.98 Å². The lowest BCUT2D eigenvalue weighted by Crippen LogP contribution is -2.60. The van der Waals surface area contributed by atoms with E-state index in [0.717, 1.165) is 29.7 Å². The molecule has 9 heteroatoms. The van der Waals surface area contributed by atoms with E-state index in [4.69, 9.17) is 4.74 Å². The smallest absolute Gasteiger partial charge is 0.439 e. The van der Waals surface area contributed by atoms with Crippen LogP contribution in [-0.4, -0.2) is 34.8 Å². The average molecular weight is 425 g/mol. The molecule has 29 heavy (non-hydrogen) atoms. The molecule has 1 fully saturated rings. The van der Waals surface area contributed by atoms with E-state index in [0.29, 0.717) is 28.6 Å². The Labute approximate surface area is 170 Å².